The van der Waals surface area contributed by atoms with Crippen molar-refractivity contribution in [3.63, 3.8) is 0 Å². The van der Waals surface area contributed by atoms with E-state index >= 15 is 0 Å². The Hall–Kier alpha value is -8.35. The summed E-state index contributed by atoms with van der Waals surface area (Å²) in [4.78, 5) is 19.2. The van der Waals surface area contributed by atoms with Crippen LogP contribution in [0.4, 0.5) is 0 Å². The topological polar surface area (TPSA) is 78.4 Å². The second kappa shape index (κ2) is 25.4. The maximum atomic E-state index is 7.13. The molecule has 1 saturated carbocycles. The van der Waals surface area contributed by atoms with Gasteiger partial charge in [0.2, 0.25) is 0 Å². The Bertz CT molecular complexity index is 6240. The van der Waals surface area contributed by atoms with E-state index in [0.717, 1.165) is 97.5 Å². The minimum atomic E-state index is -2.81. The number of hydrogen-bond acceptors (Lipinski definition) is 5. The predicted molar refractivity (Wildman–Crippen MR) is 387 cm³/mol. The third kappa shape index (κ3) is 9.62. The molecule has 14 heteroatoms. The van der Waals surface area contributed by atoms with Crippen LogP contribution in [0.1, 0.15) is 95.9 Å². The minimum Gasteiger partial charge on any atom is -0.528 e. The molecule has 4 radical (unpaired) electrons. The molecule has 0 N–H and O–H groups in total. The van der Waals surface area contributed by atoms with Crippen molar-refractivity contribution in [1.82, 2.24) is 37.5 Å². The van der Waals surface area contributed by atoms with Crippen LogP contribution in [0.25, 0.3) is 109 Å². The molecule has 1 aliphatic carbocycles. The average Bonchev–Trinajstić information content (AvgIpc) is 1.65. The van der Waals surface area contributed by atoms with Gasteiger partial charge in [-0.2, -0.15) is 0 Å². The van der Waals surface area contributed by atoms with Crippen molar-refractivity contribution in [2.24, 2.45) is 0 Å². The van der Waals surface area contributed by atoms with Crippen molar-refractivity contribution < 1.29 is 84.8 Å². The summed E-state index contributed by atoms with van der Waals surface area (Å²) in [5, 5.41) is 18.2. The predicted octanol–water partition coefficient (Wildman–Crippen LogP) is 17.1. The van der Waals surface area contributed by atoms with Crippen LogP contribution in [-0.4, -0.2) is 45.9 Å². The summed E-state index contributed by atoms with van der Waals surface area (Å²) < 4.78 is 16.6. The van der Waals surface area contributed by atoms with Crippen LogP contribution in [0, 0.1) is 31.2 Å². The Kier molecular flexibility index (Phi) is 16.7. The fraction of sp³-hybridized carbons (Fsp3) is 0.153. The standard InChI is InChI=1S/C27H17N2OSi.C20H15N2.C20H17N2.C18H13N2.4Ir/c1-3-10-19(11-4-1)31(20-12-5-2-6-13-20)25-18-28-27-23-15-8-7-14-21(23)22-16-9-17-24(30-31)26(22)29(25)27;1-2-6-17-13(5-1)16-10-4-9-15-12-7-3-8-14(12)18-11-21-20(17)22(18)19(15)16;1-12(2)14-9-13-7-8-15-11-21-20-17-6-4-3-5-16(17)18(10-14)19(13)22(15)20;1-11-16-10-9-12-5-4-8-14-13-6-2-3-7-15(13)18(19-11)20(16)17(12)14;;;;/h1-14,16-18H;1-2,4-5,9-12,14H,3,7-8H2;3-5,9-12H,7-8H2,1-2H3;2-6,8H,9-10H2,1H3;;;;/q4*-1;;;;. The third-order valence-electron chi connectivity index (χ3n) is 21.6. The van der Waals surface area contributed by atoms with Crippen LogP contribution in [0.15, 0.2) is 219 Å². The molecule has 0 amide bonds. The first-order chi connectivity index (χ1) is 46.9. The van der Waals surface area contributed by atoms with Crippen LogP contribution in [-0.2, 0) is 106 Å². The SMILES string of the molecule is CC(C)c1cc2c3c(c1)c1ccc[c-]c1c1ncc(n13)CC2.Cc1nc2c3[c-]cccc3c3cccc4c3n2c1CC4.[Ir].[Ir].[Ir].[Ir].[c-]1cccc2c1c1ncc3n1c1c(cccc21)C1CCCC31.[c-]1cccc2c1c1ncc3n1c1c(cccc21)O[Si]3(c1ccccc1)c1ccccc1. The van der Waals surface area contributed by atoms with Gasteiger partial charge in [-0.1, -0.05) is 163 Å². The molecule has 99 heavy (non-hydrogen) atoms. The Balaban J connectivity index is 0.000000103. The van der Waals surface area contributed by atoms with E-state index in [-0.39, 0.29) is 80.4 Å². The quantitative estimate of drug-likeness (QED) is 0.100. The Morgan fingerprint density at radius 2 is 0.970 bits per heavy atom. The van der Waals surface area contributed by atoms with Crippen LogP contribution >= 0.6 is 0 Å². The monoisotopic (exact) mass is 2010 g/mol. The molecule has 0 spiro atoms. The van der Waals surface area contributed by atoms with E-state index in [1.54, 1.807) is 0 Å². The van der Waals surface area contributed by atoms with Crippen molar-refractivity contribution in [3.05, 3.63) is 288 Å². The Morgan fingerprint density at radius 1 is 0.444 bits per heavy atom. The third-order valence-corrected chi connectivity index (χ3v) is 25.5. The fourth-order valence-electron chi connectivity index (χ4n) is 17.4. The van der Waals surface area contributed by atoms with Crippen molar-refractivity contribution in [2.75, 3.05) is 0 Å². The van der Waals surface area contributed by atoms with E-state index in [1.807, 2.05) is 42.7 Å². The number of nitrogens with zero attached hydrogens (tertiary/aromatic N) is 8. The van der Waals surface area contributed by atoms with E-state index < -0.39 is 8.32 Å². The maximum Gasteiger partial charge on any atom is 0.364 e. The zero-order valence-corrected chi connectivity index (χ0v) is 64.9. The van der Waals surface area contributed by atoms with Gasteiger partial charge in [-0.25, -0.2) is 0 Å². The second-order valence-corrected chi connectivity index (χ2v) is 30.0. The van der Waals surface area contributed by atoms with Crippen molar-refractivity contribution >= 4 is 133 Å². The molecule has 5 aliphatic rings. The van der Waals surface area contributed by atoms with Crippen molar-refractivity contribution in [3.8, 4) is 5.75 Å². The normalized spacial score (nSPS) is 15.5. The summed E-state index contributed by atoms with van der Waals surface area (Å²) in [7, 11) is -2.81. The van der Waals surface area contributed by atoms with E-state index in [9.17, 15) is 0 Å². The molecule has 10 aromatic carbocycles. The van der Waals surface area contributed by atoms with Gasteiger partial charge in [0.25, 0.3) is 0 Å². The van der Waals surface area contributed by atoms with E-state index in [0.29, 0.717) is 17.8 Å². The molecule has 12 heterocycles. The minimum absolute atomic E-state index is 0. The van der Waals surface area contributed by atoms with E-state index in [1.165, 1.54) is 123 Å². The maximum absolute atomic E-state index is 7.13. The second-order valence-electron chi connectivity index (χ2n) is 26.8. The van der Waals surface area contributed by atoms with Crippen molar-refractivity contribution in [1.29, 1.82) is 0 Å². The number of fused-ring (bicyclic) bond motifs is 15. The van der Waals surface area contributed by atoms with Gasteiger partial charge in [-0.3, -0.25) is 19.9 Å². The van der Waals surface area contributed by atoms with Crippen LogP contribution in [0.5, 0.6) is 5.75 Å². The zero-order chi connectivity index (χ0) is 62.8. The fourth-order valence-corrected chi connectivity index (χ4v) is 21.3. The van der Waals surface area contributed by atoms with Crippen LogP contribution in [0.2, 0.25) is 0 Å². The van der Waals surface area contributed by atoms with Gasteiger partial charge >= 0.3 is 8.32 Å². The summed E-state index contributed by atoms with van der Waals surface area (Å²) in [6, 6.07) is 84.4. The first kappa shape index (κ1) is 65.3. The number of aryl methyl sites for hydroxylation is 5. The molecule has 2 unspecified atom stereocenters. The summed E-state index contributed by atoms with van der Waals surface area (Å²) in [5.74, 6) is 2.79. The molecular weight excluding hydrogens is 1950 g/mol. The number of hydrogen-bond donors (Lipinski definition) is 0. The molecule has 9 nitrogen and oxygen atoms in total. The summed E-state index contributed by atoms with van der Waals surface area (Å²) in [5.41, 5.74) is 20.4. The first-order valence-corrected chi connectivity index (χ1v) is 35.5. The molecule has 18 aromatic rings. The summed E-state index contributed by atoms with van der Waals surface area (Å²) in [6.45, 7) is 6.66. The van der Waals surface area contributed by atoms with Gasteiger partial charge < -0.3 is 22.0 Å². The van der Waals surface area contributed by atoms with E-state index in [4.69, 9.17) is 24.4 Å². The molecule has 1 fully saturated rings. The summed E-state index contributed by atoms with van der Waals surface area (Å²) >= 11 is 0. The molecular formula is C85H62Ir4N8OSi-4. The van der Waals surface area contributed by atoms with Gasteiger partial charge in [0.05, 0.1) is 33.4 Å². The van der Waals surface area contributed by atoms with Gasteiger partial charge in [-0.05, 0) is 118 Å². The molecule has 492 valence electrons. The van der Waals surface area contributed by atoms with Gasteiger partial charge in [0, 0.05) is 144 Å². The number of aromatic nitrogens is 8. The van der Waals surface area contributed by atoms with Gasteiger partial charge in [0.1, 0.15) is 5.75 Å². The molecule has 0 bridgehead atoms. The molecule has 0 saturated heterocycles. The number of pyridine rings is 4. The van der Waals surface area contributed by atoms with Gasteiger partial charge in [0.15, 0.2) is 0 Å². The zero-order valence-electron chi connectivity index (χ0n) is 54.3. The van der Waals surface area contributed by atoms with Crippen LogP contribution in [0.3, 0.4) is 0 Å². The number of imidazole rings is 4. The Labute approximate surface area is 627 Å². The largest absolute Gasteiger partial charge is 0.528 e. The van der Waals surface area contributed by atoms with E-state index in [2.05, 4.69) is 239 Å². The van der Waals surface area contributed by atoms with Crippen LogP contribution < -0.4 is 20.1 Å². The van der Waals surface area contributed by atoms with Crippen molar-refractivity contribution in [2.45, 2.75) is 83.5 Å². The number of rotatable bonds is 3. The number of para-hydroxylation sites is 3. The summed E-state index contributed by atoms with van der Waals surface area (Å²) in [6.07, 6.45) is 14.5. The molecule has 4 aliphatic heterocycles. The molecule has 2 atom stereocenters. The Morgan fingerprint density at radius 3 is 1.63 bits per heavy atom. The van der Waals surface area contributed by atoms with Gasteiger partial charge in [-0.15, -0.1) is 119 Å². The average molecular weight is 2010 g/mol. The molecule has 8 aromatic heterocycles. The molecule has 23 rings (SSSR count). The number of benzene rings is 10. The first-order valence-electron chi connectivity index (χ1n) is 33.6. The smallest absolute Gasteiger partial charge is 0.364 e.